The molecule has 1 aromatic carbocycles. The fraction of sp³-hybridized carbons (Fsp3) is 0.176. The third-order valence-corrected chi connectivity index (χ3v) is 3.70. The molecule has 0 fully saturated rings. The summed E-state index contributed by atoms with van der Waals surface area (Å²) in [7, 11) is 0. The van der Waals surface area contributed by atoms with Crippen molar-refractivity contribution in [3.63, 3.8) is 0 Å². The minimum atomic E-state index is -0.674. The molecule has 0 radical (unpaired) electrons. The molecule has 0 aliphatic rings. The van der Waals surface area contributed by atoms with E-state index in [0.29, 0.717) is 22.7 Å². The Kier molecular flexibility index (Phi) is 4.05. The van der Waals surface area contributed by atoms with E-state index in [9.17, 15) is 9.18 Å². The van der Waals surface area contributed by atoms with E-state index in [2.05, 4.69) is 10.3 Å². The van der Waals surface area contributed by atoms with E-state index in [0.717, 1.165) is 5.56 Å². The molecule has 1 N–H and O–H groups in total. The van der Waals surface area contributed by atoms with E-state index in [-0.39, 0.29) is 11.7 Å². The number of pyridine rings is 1. The predicted molar refractivity (Wildman–Crippen MR) is 89.3 cm³/mol. The first-order valence-electron chi connectivity index (χ1n) is 7.15. The number of nitrogens with one attached hydrogen (secondary N) is 1. The minimum absolute atomic E-state index is 0.322. The summed E-state index contributed by atoms with van der Waals surface area (Å²) in [6.07, 6.45) is 1.83. The van der Waals surface area contributed by atoms with Gasteiger partial charge in [-0.2, -0.15) is 0 Å². The molecule has 2 aromatic heterocycles. The van der Waals surface area contributed by atoms with Crippen molar-refractivity contribution in [1.82, 2.24) is 9.38 Å². The van der Waals surface area contributed by atoms with Gasteiger partial charge in [0.05, 0.1) is 0 Å². The van der Waals surface area contributed by atoms with Gasteiger partial charge < -0.3 is 5.32 Å². The van der Waals surface area contributed by atoms with E-state index in [1.54, 1.807) is 23.5 Å². The molecule has 118 valence electrons. The summed E-state index contributed by atoms with van der Waals surface area (Å²) in [4.78, 5) is 16.6. The van der Waals surface area contributed by atoms with Gasteiger partial charge in [0.2, 0.25) is 5.91 Å². The Balaban J connectivity index is 2.18. The van der Waals surface area contributed by atoms with Gasteiger partial charge in [0.15, 0.2) is 0 Å². The molecule has 0 saturated carbocycles. The Labute approximate surface area is 137 Å². The minimum Gasteiger partial charge on any atom is -0.309 e. The number of fused-ring (bicyclic) bond motifs is 1. The van der Waals surface area contributed by atoms with Crippen LogP contribution in [0, 0.1) is 12.7 Å². The molecule has 2 heterocycles. The molecule has 0 bridgehead atoms. The van der Waals surface area contributed by atoms with E-state index in [1.807, 2.05) is 25.3 Å². The smallest absolute Gasteiger partial charge is 0.243 e. The summed E-state index contributed by atoms with van der Waals surface area (Å²) in [5.41, 5.74) is 3.03. The third kappa shape index (κ3) is 3.05. The molecule has 3 aromatic rings. The van der Waals surface area contributed by atoms with Crippen molar-refractivity contribution < 1.29 is 9.18 Å². The first-order chi connectivity index (χ1) is 11.0. The summed E-state index contributed by atoms with van der Waals surface area (Å²) in [5, 5.41) is 2.13. The van der Waals surface area contributed by atoms with Gasteiger partial charge in [-0.3, -0.25) is 9.20 Å². The highest BCUT2D eigenvalue weighted by atomic mass is 35.5. The number of alkyl halides is 1. The lowest BCUT2D eigenvalue weighted by molar-refractivity contribution is -0.115. The zero-order valence-corrected chi connectivity index (χ0v) is 13.4. The summed E-state index contributed by atoms with van der Waals surface area (Å²) in [5.74, 6) is -0.130. The molecular formula is C17H15ClFN3O. The number of carbonyl (C=O) groups excluding carboxylic acids is 1. The average Bonchev–Trinajstić information content (AvgIpc) is 2.85. The zero-order chi connectivity index (χ0) is 16.6. The van der Waals surface area contributed by atoms with Crippen molar-refractivity contribution in [2.45, 2.75) is 19.2 Å². The monoisotopic (exact) mass is 331 g/mol. The summed E-state index contributed by atoms with van der Waals surface area (Å²) in [6, 6.07) is 9.81. The maximum Gasteiger partial charge on any atom is 0.243 e. The number of hydrogen-bond acceptors (Lipinski definition) is 2. The Morgan fingerprint density at radius 3 is 2.65 bits per heavy atom. The molecule has 0 spiro atoms. The van der Waals surface area contributed by atoms with Gasteiger partial charge in [0.25, 0.3) is 0 Å². The van der Waals surface area contributed by atoms with E-state index in [1.165, 1.54) is 12.1 Å². The van der Waals surface area contributed by atoms with Gasteiger partial charge >= 0.3 is 0 Å². The van der Waals surface area contributed by atoms with Crippen LogP contribution in [0.4, 0.5) is 10.2 Å². The Morgan fingerprint density at radius 1 is 1.30 bits per heavy atom. The summed E-state index contributed by atoms with van der Waals surface area (Å²) in [6.45, 7) is 3.56. The van der Waals surface area contributed by atoms with Crippen molar-refractivity contribution >= 4 is 29.0 Å². The maximum atomic E-state index is 13.2. The van der Waals surface area contributed by atoms with Crippen LogP contribution in [0.1, 0.15) is 12.5 Å². The number of aromatic nitrogens is 2. The van der Waals surface area contributed by atoms with Crippen LogP contribution in [-0.4, -0.2) is 20.7 Å². The fourth-order valence-electron chi connectivity index (χ4n) is 2.29. The van der Waals surface area contributed by atoms with E-state index >= 15 is 0 Å². The molecule has 0 unspecified atom stereocenters. The van der Waals surface area contributed by atoms with Gasteiger partial charge in [-0.1, -0.05) is 0 Å². The van der Waals surface area contributed by atoms with E-state index < -0.39 is 5.38 Å². The van der Waals surface area contributed by atoms with Crippen molar-refractivity contribution in [3.8, 4) is 11.3 Å². The van der Waals surface area contributed by atoms with Crippen LogP contribution >= 0.6 is 11.6 Å². The molecule has 0 saturated heterocycles. The number of anilines is 1. The molecule has 1 atom stereocenters. The highest BCUT2D eigenvalue weighted by molar-refractivity contribution is 6.32. The number of amides is 1. The largest absolute Gasteiger partial charge is 0.309 e. The maximum absolute atomic E-state index is 13.2. The van der Waals surface area contributed by atoms with Gasteiger partial charge in [-0.25, -0.2) is 9.37 Å². The van der Waals surface area contributed by atoms with Crippen molar-refractivity contribution in [3.05, 3.63) is 54.0 Å². The van der Waals surface area contributed by atoms with Crippen molar-refractivity contribution in [2.75, 3.05) is 5.32 Å². The van der Waals surface area contributed by atoms with Crippen LogP contribution in [0.15, 0.2) is 42.6 Å². The van der Waals surface area contributed by atoms with Crippen LogP contribution in [0.2, 0.25) is 0 Å². The zero-order valence-electron chi connectivity index (χ0n) is 12.7. The third-order valence-electron chi connectivity index (χ3n) is 3.50. The number of halogens is 2. The molecule has 23 heavy (non-hydrogen) atoms. The normalized spacial score (nSPS) is 12.3. The molecule has 1 amide bonds. The summed E-state index contributed by atoms with van der Waals surface area (Å²) >= 11 is 5.85. The SMILES string of the molecule is Cc1ccn2c(NC(=O)[C@@H](C)Cl)c(-c3ccc(F)cc3)nc2c1. The second-order valence-electron chi connectivity index (χ2n) is 5.35. The fourth-order valence-corrected chi connectivity index (χ4v) is 2.35. The second kappa shape index (κ2) is 6.01. The highest BCUT2D eigenvalue weighted by Gasteiger charge is 2.18. The summed E-state index contributed by atoms with van der Waals surface area (Å²) < 4.78 is 14.9. The molecular weight excluding hydrogens is 317 g/mol. The molecule has 3 rings (SSSR count). The lowest BCUT2D eigenvalue weighted by Crippen LogP contribution is -2.21. The van der Waals surface area contributed by atoms with Crippen molar-refractivity contribution in [2.24, 2.45) is 0 Å². The van der Waals surface area contributed by atoms with Gasteiger partial charge in [0.1, 0.15) is 28.4 Å². The number of rotatable bonds is 3. The number of carbonyl (C=O) groups is 1. The first kappa shape index (κ1) is 15.5. The van der Waals surface area contributed by atoms with Gasteiger partial charge in [0, 0.05) is 11.8 Å². The standard InChI is InChI=1S/C17H15ClFN3O/c1-10-7-8-22-14(9-10)20-15(12-3-5-13(19)6-4-12)16(22)21-17(23)11(2)18/h3-9,11H,1-2H3,(H,21,23)/t11-/m1/s1. The van der Waals surface area contributed by atoms with Gasteiger partial charge in [-0.05, 0) is 55.8 Å². The van der Waals surface area contributed by atoms with Crippen molar-refractivity contribution in [1.29, 1.82) is 0 Å². The lowest BCUT2D eigenvalue weighted by atomic mass is 10.1. The number of hydrogen-bond donors (Lipinski definition) is 1. The first-order valence-corrected chi connectivity index (χ1v) is 7.59. The topological polar surface area (TPSA) is 46.4 Å². The number of benzene rings is 1. The second-order valence-corrected chi connectivity index (χ2v) is 6.01. The van der Waals surface area contributed by atoms with Crippen LogP contribution in [0.25, 0.3) is 16.9 Å². The van der Waals surface area contributed by atoms with Crippen LogP contribution in [-0.2, 0) is 4.79 Å². The van der Waals surface area contributed by atoms with Gasteiger partial charge in [-0.15, -0.1) is 11.6 Å². The quantitative estimate of drug-likeness (QED) is 0.737. The molecule has 0 aliphatic carbocycles. The Morgan fingerprint density at radius 2 is 2.00 bits per heavy atom. The van der Waals surface area contributed by atoms with Crippen LogP contribution in [0.3, 0.4) is 0 Å². The molecule has 6 heteroatoms. The average molecular weight is 332 g/mol. The number of nitrogens with zero attached hydrogens (tertiary/aromatic N) is 2. The highest BCUT2D eigenvalue weighted by Crippen LogP contribution is 2.29. The van der Waals surface area contributed by atoms with Crippen LogP contribution in [0.5, 0.6) is 0 Å². The number of imidazole rings is 1. The number of aryl methyl sites for hydroxylation is 1. The Bertz CT molecular complexity index is 871. The van der Waals surface area contributed by atoms with Crippen LogP contribution < -0.4 is 5.32 Å². The molecule has 4 nitrogen and oxygen atoms in total. The predicted octanol–water partition coefficient (Wildman–Crippen LogP) is 4.01. The molecule has 0 aliphatic heterocycles. The Hall–Kier alpha value is -2.40. The van der Waals surface area contributed by atoms with E-state index in [4.69, 9.17) is 11.6 Å². The lowest BCUT2D eigenvalue weighted by Gasteiger charge is -2.09.